The fourth-order valence-electron chi connectivity index (χ4n) is 3.45. The minimum Gasteiger partial charge on any atom is -0.292 e. The number of nitrogens with zero attached hydrogens (tertiary/aromatic N) is 1. The molecule has 0 amide bonds. The van der Waals surface area contributed by atoms with E-state index in [2.05, 4.69) is 70.6 Å². The zero-order valence-electron chi connectivity index (χ0n) is 15.7. The van der Waals surface area contributed by atoms with Crippen LogP contribution in [0, 0.1) is 0 Å². The lowest BCUT2D eigenvalue weighted by Gasteiger charge is -2.52. The Hall–Kier alpha value is 0.571. The zero-order chi connectivity index (χ0) is 16.0. The van der Waals surface area contributed by atoms with Crippen LogP contribution in [0.25, 0.3) is 0 Å². The van der Waals surface area contributed by atoms with Crippen LogP contribution in [-0.2, 0) is 0 Å². The van der Waals surface area contributed by atoms with Crippen molar-refractivity contribution in [3.05, 3.63) is 0 Å². The maximum atomic E-state index is 4.25. The number of hydrazine groups is 1. The topological polar surface area (TPSA) is 15.3 Å². The first-order valence-electron chi connectivity index (χ1n) is 8.78. The molecule has 20 heavy (non-hydrogen) atoms. The van der Waals surface area contributed by atoms with Crippen LogP contribution < -0.4 is 5.09 Å². The molecule has 0 aromatic carbocycles. The molecule has 1 N–H and O–H groups in total. The van der Waals surface area contributed by atoms with Gasteiger partial charge < -0.3 is 0 Å². The van der Waals surface area contributed by atoms with Crippen molar-refractivity contribution in [3.63, 3.8) is 0 Å². The molecule has 0 atom stereocenters. The van der Waals surface area contributed by atoms with Crippen molar-refractivity contribution in [2.45, 2.75) is 97.4 Å². The van der Waals surface area contributed by atoms with E-state index in [9.17, 15) is 0 Å². The van der Waals surface area contributed by atoms with Crippen LogP contribution in [0.4, 0.5) is 0 Å². The van der Waals surface area contributed by atoms with Crippen LogP contribution in [0.5, 0.6) is 0 Å². The molecule has 0 aliphatic heterocycles. The summed E-state index contributed by atoms with van der Waals surface area (Å²) in [4.78, 5) is 0. The lowest BCUT2D eigenvalue weighted by molar-refractivity contribution is 0.538. The number of hydrogen-bond acceptors (Lipinski definition) is 2. The van der Waals surface area contributed by atoms with Crippen LogP contribution in [0.15, 0.2) is 0 Å². The van der Waals surface area contributed by atoms with Gasteiger partial charge in [0.15, 0.2) is 0 Å². The van der Waals surface area contributed by atoms with E-state index in [4.69, 9.17) is 0 Å². The summed E-state index contributed by atoms with van der Waals surface area (Å²) in [6.45, 7) is 22.1. The molecule has 0 bridgehead atoms. The van der Waals surface area contributed by atoms with Gasteiger partial charge in [0.05, 0.1) is 0 Å². The highest BCUT2D eigenvalue weighted by molar-refractivity contribution is 6.92. The van der Waals surface area contributed by atoms with Gasteiger partial charge in [0, 0.05) is 0 Å². The SMILES string of the molecule is CC[Si](CC)(CC)NN([Si](C)(C)C)[Si](CC)(CC)CC. The second-order valence-corrected chi connectivity index (χ2v) is 22.4. The number of rotatable bonds is 10. The van der Waals surface area contributed by atoms with Crippen molar-refractivity contribution in [1.82, 2.24) is 9.43 Å². The molecule has 0 saturated heterocycles. The second-order valence-electron chi connectivity index (χ2n) is 7.24. The van der Waals surface area contributed by atoms with Crippen LogP contribution in [0.2, 0.25) is 55.9 Å². The fraction of sp³-hybridized carbons (Fsp3) is 1.00. The van der Waals surface area contributed by atoms with E-state index >= 15 is 0 Å². The first-order valence-corrected chi connectivity index (χ1v) is 17.4. The van der Waals surface area contributed by atoms with Gasteiger partial charge in [-0.15, -0.1) is 0 Å². The Morgan fingerprint density at radius 2 is 1.00 bits per heavy atom. The van der Waals surface area contributed by atoms with Crippen molar-refractivity contribution in [2.75, 3.05) is 0 Å². The molecule has 0 unspecified atom stereocenters. The third kappa shape index (κ3) is 4.53. The molecule has 0 saturated carbocycles. The molecule has 0 fully saturated rings. The van der Waals surface area contributed by atoms with Gasteiger partial charge in [-0.3, -0.25) is 9.43 Å². The minimum absolute atomic E-state index is 1.30. The summed E-state index contributed by atoms with van der Waals surface area (Å²) in [5, 5.41) is 4.25. The van der Waals surface area contributed by atoms with Crippen LogP contribution >= 0.6 is 0 Å². The van der Waals surface area contributed by atoms with Crippen molar-refractivity contribution in [2.24, 2.45) is 0 Å². The molecule has 5 heteroatoms. The molecular weight excluding hydrogens is 292 g/mol. The first kappa shape index (κ1) is 20.6. The molecular formula is C15H40N2Si3. The lowest BCUT2D eigenvalue weighted by atomic mass is 10.9. The highest BCUT2D eigenvalue weighted by atomic mass is 28.4. The fourth-order valence-corrected chi connectivity index (χ4v) is 19.2. The highest BCUT2D eigenvalue weighted by Crippen LogP contribution is 2.30. The van der Waals surface area contributed by atoms with E-state index in [1.165, 1.54) is 36.3 Å². The summed E-state index contributed by atoms with van der Waals surface area (Å²) >= 11 is 0. The zero-order valence-corrected chi connectivity index (χ0v) is 18.7. The maximum absolute atomic E-state index is 4.25. The van der Waals surface area contributed by atoms with Gasteiger partial charge in [-0.2, -0.15) is 0 Å². The standard InChI is InChI=1S/C15H40N2Si3/c1-10-19(11-2,12-3)16-17(18(7,8)9)20(13-4,14-5)15-6/h16H,10-15H2,1-9H3. The molecule has 0 aromatic rings. The van der Waals surface area contributed by atoms with E-state index in [-0.39, 0.29) is 0 Å². The molecule has 0 spiro atoms. The van der Waals surface area contributed by atoms with Gasteiger partial charge in [0.2, 0.25) is 0 Å². The van der Waals surface area contributed by atoms with E-state index < -0.39 is 24.7 Å². The Kier molecular flexibility index (Phi) is 8.50. The Morgan fingerprint density at radius 3 is 1.20 bits per heavy atom. The average Bonchev–Trinajstić information content (AvgIpc) is 2.44. The smallest absolute Gasteiger partial charge is 0.139 e. The predicted octanol–water partition coefficient (Wildman–Crippen LogP) is 5.64. The third-order valence-electron chi connectivity index (χ3n) is 5.50. The van der Waals surface area contributed by atoms with E-state index in [1.54, 1.807) is 0 Å². The lowest BCUT2D eigenvalue weighted by Crippen LogP contribution is -2.73. The Labute approximate surface area is 132 Å². The quantitative estimate of drug-likeness (QED) is 0.411. The molecule has 2 nitrogen and oxygen atoms in total. The van der Waals surface area contributed by atoms with E-state index in [0.717, 1.165) is 0 Å². The molecule has 0 heterocycles. The van der Waals surface area contributed by atoms with Crippen molar-refractivity contribution >= 4 is 24.7 Å². The van der Waals surface area contributed by atoms with Crippen molar-refractivity contribution in [1.29, 1.82) is 0 Å². The van der Waals surface area contributed by atoms with Crippen molar-refractivity contribution < 1.29 is 0 Å². The minimum atomic E-state index is -1.32. The van der Waals surface area contributed by atoms with E-state index in [1.807, 2.05) is 0 Å². The maximum Gasteiger partial charge on any atom is 0.139 e. The Bertz CT molecular complexity index is 252. The van der Waals surface area contributed by atoms with Crippen LogP contribution in [0.1, 0.15) is 41.5 Å². The normalized spacial score (nSPS) is 14.1. The predicted molar refractivity (Wildman–Crippen MR) is 103 cm³/mol. The summed E-state index contributed by atoms with van der Waals surface area (Å²) in [6.07, 6.45) is 0. The third-order valence-corrected chi connectivity index (χ3v) is 20.6. The van der Waals surface area contributed by atoms with Gasteiger partial charge >= 0.3 is 0 Å². The van der Waals surface area contributed by atoms with Gasteiger partial charge in [0.25, 0.3) is 0 Å². The highest BCUT2D eigenvalue weighted by Gasteiger charge is 2.44. The van der Waals surface area contributed by atoms with Gasteiger partial charge in [-0.05, 0) is 36.3 Å². The summed E-state index contributed by atoms with van der Waals surface area (Å²) < 4.78 is 2.93. The summed E-state index contributed by atoms with van der Waals surface area (Å²) in [5.41, 5.74) is 0. The molecule has 0 aromatic heterocycles. The molecule has 0 radical (unpaired) electrons. The Balaban J connectivity index is 5.59. The number of hydrogen-bond donors (Lipinski definition) is 1. The van der Waals surface area contributed by atoms with Crippen LogP contribution in [0.3, 0.4) is 0 Å². The average molecular weight is 333 g/mol. The Morgan fingerprint density at radius 1 is 0.650 bits per heavy atom. The molecule has 0 rings (SSSR count). The van der Waals surface area contributed by atoms with Gasteiger partial charge in [-0.1, -0.05) is 61.2 Å². The molecule has 122 valence electrons. The van der Waals surface area contributed by atoms with Gasteiger partial charge in [0.1, 0.15) is 24.7 Å². The monoisotopic (exact) mass is 332 g/mol. The first-order chi connectivity index (χ1) is 9.20. The summed E-state index contributed by atoms with van der Waals surface area (Å²) in [7, 11) is -3.95. The second kappa shape index (κ2) is 8.27. The summed E-state index contributed by atoms with van der Waals surface area (Å²) in [5.74, 6) is 0. The summed E-state index contributed by atoms with van der Waals surface area (Å²) in [6, 6.07) is 8.25. The van der Waals surface area contributed by atoms with Crippen LogP contribution in [-0.4, -0.2) is 29.0 Å². The van der Waals surface area contributed by atoms with E-state index in [0.29, 0.717) is 0 Å². The van der Waals surface area contributed by atoms with Crippen molar-refractivity contribution in [3.8, 4) is 0 Å². The molecule has 0 aliphatic carbocycles. The largest absolute Gasteiger partial charge is 0.292 e. The molecule has 0 aliphatic rings. The van der Waals surface area contributed by atoms with Gasteiger partial charge in [-0.25, -0.2) is 0 Å². The number of nitrogens with one attached hydrogen (secondary N) is 1.